The van der Waals surface area contributed by atoms with E-state index in [0.717, 1.165) is 48.9 Å². The Labute approximate surface area is 179 Å². The van der Waals surface area contributed by atoms with Crippen LogP contribution in [0.1, 0.15) is 12.5 Å². The molecule has 1 atom stereocenters. The van der Waals surface area contributed by atoms with Gasteiger partial charge in [0.25, 0.3) is 0 Å². The second-order valence-electron chi connectivity index (χ2n) is 7.10. The maximum Gasteiger partial charge on any atom is 0.237 e. The van der Waals surface area contributed by atoms with Gasteiger partial charge in [0.05, 0.1) is 24.2 Å². The number of aryl methyl sites for hydroxylation is 1. The van der Waals surface area contributed by atoms with Gasteiger partial charge in [-0.15, -0.1) is 5.10 Å². The number of aromatic nitrogens is 4. The maximum absolute atomic E-state index is 12.7. The zero-order valence-corrected chi connectivity index (χ0v) is 17.8. The first-order valence-corrected chi connectivity index (χ1v) is 10.7. The lowest BCUT2D eigenvalue weighted by atomic mass is 10.2. The number of ether oxygens (including phenoxy) is 1. The Bertz CT molecular complexity index is 983. The highest BCUT2D eigenvalue weighted by Gasteiger charge is 2.19. The van der Waals surface area contributed by atoms with Crippen molar-refractivity contribution in [2.24, 2.45) is 0 Å². The third-order valence-electron chi connectivity index (χ3n) is 4.88. The van der Waals surface area contributed by atoms with Gasteiger partial charge in [-0.1, -0.05) is 29.5 Å². The van der Waals surface area contributed by atoms with E-state index >= 15 is 0 Å². The first-order chi connectivity index (χ1) is 14.6. The van der Waals surface area contributed by atoms with Gasteiger partial charge in [-0.3, -0.25) is 4.79 Å². The molecule has 30 heavy (non-hydrogen) atoms. The van der Waals surface area contributed by atoms with Crippen LogP contribution < -0.4 is 10.2 Å². The number of nitrogens with one attached hydrogen (secondary N) is 1. The molecular weight excluding hydrogens is 400 g/mol. The van der Waals surface area contributed by atoms with E-state index in [2.05, 4.69) is 25.7 Å². The van der Waals surface area contributed by atoms with E-state index in [4.69, 9.17) is 4.74 Å². The molecule has 1 fully saturated rings. The van der Waals surface area contributed by atoms with Crippen molar-refractivity contribution >= 4 is 29.0 Å². The standard InChI is InChI=1S/C21H24N6O2S/c1-15-3-7-19(8-4-15)27-21(23-24-25-27)30-16(2)20(28)22-17-5-9-18(10-6-17)26-11-13-29-14-12-26/h3-10,16H,11-14H2,1-2H3,(H,22,28). The highest BCUT2D eigenvalue weighted by molar-refractivity contribution is 8.00. The number of amides is 1. The Morgan fingerprint density at radius 1 is 1.07 bits per heavy atom. The molecule has 0 radical (unpaired) electrons. The fraction of sp³-hybridized carbons (Fsp3) is 0.333. The number of thioether (sulfide) groups is 1. The third-order valence-corrected chi connectivity index (χ3v) is 5.91. The van der Waals surface area contributed by atoms with Gasteiger partial charge in [-0.05, 0) is 60.7 Å². The minimum Gasteiger partial charge on any atom is -0.378 e. The summed E-state index contributed by atoms with van der Waals surface area (Å²) in [5, 5.41) is 15.1. The molecule has 0 bridgehead atoms. The van der Waals surface area contributed by atoms with Crippen LogP contribution >= 0.6 is 11.8 Å². The average Bonchev–Trinajstić information content (AvgIpc) is 3.23. The summed E-state index contributed by atoms with van der Waals surface area (Å²) < 4.78 is 7.04. The summed E-state index contributed by atoms with van der Waals surface area (Å²) in [7, 11) is 0. The summed E-state index contributed by atoms with van der Waals surface area (Å²) in [6.45, 7) is 7.13. The van der Waals surface area contributed by atoms with Crippen molar-refractivity contribution in [3.63, 3.8) is 0 Å². The van der Waals surface area contributed by atoms with E-state index in [1.54, 1.807) is 4.68 Å². The fourth-order valence-electron chi connectivity index (χ4n) is 3.13. The molecule has 2 heterocycles. The summed E-state index contributed by atoms with van der Waals surface area (Å²) in [6.07, 6.45) is 0. The second-order valence-corrected chi connectivity index (χ2v) is 8.41. The molecule has 1 unspecified atom stereocenters. The number of morpholine rings is 1. The minimum atomic E-state index is -0.362. The van der Waals surface area contributed by atoms with Crippen LogP contribution in [0.15, 0.2) is 53.7 Å². The number of benzene rings is 2. The molecule has 2 aromatic carbocycles. The number of tetrazole rings is 1. The Hall–Kier alpha value is -2.91. The maximum atomic E-state index is 12.7. The van der Waals surface area contributed by atoms with Gasteiger partial charge >= 0.3 is 0 Å². The van der Waals surface area contributed by atoms with Crippen molar-refractivity contribution in [2.45, 2.75) is 24.3 Å². The molecule has 1 saturated heterocycles. The predicted molar refractivity (Wildman–Crippen MR) is 117 cm³/mol. The van der Waals surface area contributed by atoms with E-state index in [1.165, 1.54) is 11.8 Å². The molecule has 0 aliphatic carbocycles. The summed E-state index contributed by atoms with van der Waals surface area (Å²) in [6, 6.07) is 15.8. The monoisotopic (exact) mass is 424 g/mol. The van der Waals surface area contributed by atoms with Crippen LogP contribution in [0, 0.1) is 6.92 Å². The highest BCUT2D eigenvalue weighted by atomic mass is 32.2. The topological polar surface area (TPSA) is 85.2 Å². The molecule has 1 amide bonds. The number of carbonyl (C=O) groups is 1. The zero-order chi connectivity index (χ0) is 20.9. The second kappa shape index (κ2) is 9.27. The van der Waals surface area contributed by atoms with Crippen molar-refractivity contribution in [3.8, 4) is 5.69 Å². The molecule has 1 aliphatic heterocycles. The Kier molecular flexibility index (Phi) is 6.29. The smallest absolute Gasteiger partial charge is 0.237 e. The summed E-state index contributed by atoms with van der Waals surface area (Å²) >= 11 is 1.32. The molecule has 3 aromatic rings. The van der Waals surface area contributed by atoms with Gasteiger partial charge < -0.3 is 15.0 Å². The van der Waals surface area contributed by atoms with E-state index in [1.807, 2.05) is 62.4 Å². The molecule has 1 aromatic heterocycles. The van der Waals surface area contributed by atoms with E-state index in [9.17, 15) is 4.79 Å². The molecular formula is C21H24N6O2S. The van der Waals surface area contributed by atoms with Crippen LogP contribution in [0.3, 0.4) is 0 Å². The van der Waals surface area contributed by atoms with Crippen LogP contribution in [0.25, 0.3) is 5.69 Å². The van der Waals surface area contributed by atoms with Crippen LogP contribution in [0.5, 0.6) is 0 Å². The molecule has 0 spiro atoms. The van der Waals surface area contributed by atoms with Crippen LogP contribution in [0.2, 0.25) is 0 Å². The van der Waals surface area contributed by atoms with Crippen LogP contribution in [-0.4, -0.2) is 57.7 Å². The Balaban J connectivity index is 1.37. The van der Waals surface area contributed by atoms with Gasteiger partial charge in [-0.25, -0.2) is 0 Å². The molecule has 1 N–H and O–H groups in total. The summed E-state index contributed by atoms with van der Waals surface area (Å²) in [4.78, 5) is 15.0. The molecule has 4 rings (SSSR count). The lowest BCUT2D eigenvalue weighted by molar-refractivity contribution is -0.115. The third kappa shape index (κ3) is 4.80. The van der Waals surface area contributed by atoms with Crippen LogP contribution in [-0.2, 0) is 9.53 Å². The lowest BCUT2D eigenvalue weighted by Crippen LogP contribution is -2.36. The Morgan fingerprint density at radius 3 is 2.43 bits per heavy atom. The van der Waals surface area contributed by atoms with Crippen molar-refractivity contribution in [1.29, 1.82) is 0 Å². The molecule has 0 saturated carbocycles. The van der Waals surface area contributed by atoms with E-state index in [0.29, 0.717) is 5.16 Å². The normalized spacial score (nSPS) is 15.1. The highest BCUT2D eigenvalue weighted by Crippen LogP contribution is 2.25. The van der Waals surface area contributed by atoms with Crippen molar-refractivity contribution in [3.05, 3.63) is 54.1 Å². The van der Waals surface area contributed by atoms with E-state index < -0.39 is 0 Å². The molecule has 156 valence electrons. The van der Waals surface area contributed by atoms with Crippen molar-refractivity contribution in [2.75, 3.05) is 36.5 Å². The van der Waals surface area contributed by atoms with E-state index in [-0.39, 0.29) is 11.2 Å². The van der Waals surface area contributed by atoms with Gasteiger partial charge in [-0.2, -0.15) is 4.68 Å². The predicted octanol–water partition coefficient (Wildman–Crippen LogP) is 2.93. The number of anilines is 2. The van der Waals surface area contributed by atoms with Gasteiger partial charge in [0, 0.05) is 24.5 Å². The number of hydrogen-bond acceptors (Lipinski definition) is 7. The van der Waals surface area contributed by atoms with Crippen molar-refractivity contribution in [1.82, 2.24) is 20.2 Å². The minimum absolute atomic E-state index is 0.0995. The van der Waals surface area contributed by atoms with Gasteiger partial charge in [0.1, 0.15) is 0 Å². The fourth-order valence-corrected chi connectivity index (χ4v) is 3.94. The van der Waals surface area contributed by atoms with Crippen LogP contribution in [0.4, 0.5) is 11.4 Å². The number of hydrogen-bond donors (Lipinski definition) is 1. The quantitative estimate of drug-likeness (QED) is 0.609. The number of carbonyl (C=O) groups excluding carboxylic acids is 1. The molecule has 1 aliphatic rings. The largest absolute Gasteiger partial charge is 0.378 e. The molecule has 9 heteroatoms. The first-order valence-electron chi connectivity index (χ1n) is 9.86. The molecule has 8 nitrogen and oxygen atoms in total. The lowest BCUT2D eigenvalue weighted by Gasteiger charge is -2.28. The van der Waals surface area contributed by atoms with Crippen molar-refractivity contribution < 1.29 is 9.53 Å². The summed E-state index contributed by atoms with van der Waals surface area (Å²) in [5.41, 5.74) is 3.92. The SMILES string of the molecule is Cc1ccc(-n2nnnc2SC(C)C(=O)Nc2ccc(N3CCOCC3)cc2)cc1. The van der Waals surface area contributed by atoms with Gasteiger partial charge in [0.2, 0.25) is 11.1 Å². The summed E-state index contributed by atoms with van der Waals surface area (Å²) in [5.74, 6) is -0.0995. The zero-order valence-electron chi connectivity index (χ0n) is 17.0. The average molecular weight is 425 g/mol. The number of rotatable bonds is 6. The number of nitrogens with zero attached hydrogens (tertiary/aromatic N) is 5. The first kappa shape index (κ1) is 20.4. The Morgan fingerprint density at radius 2 is 1.73 bits per heavy atom. The van der Waals surface area contributed by atoms with Gasteiger partial charge in [0.15, 0.2) is 0 Å².